The van der Waals surface area contributed by atoms with E-state index in [1.54, 1.807) is 4.90 Å². The lowest BCUT2D eigenvalue weighted by Crippen LogP contribution is -2.46. The number of rotatable bonds is 4. The zero-order valence-electron chi connectivity index (χ0n) is 12.6. The minimum absolute atomic E-state index is 0.126. The predicted octanol–water partition coefficient (Wildman–Crippen LogP) is 1.33. The van der Waals surface area contributed by atoms with E-state index in [-0.39, 0.29) is 12.0 Å². The van der Waals surface area contributed by atoms with Gasteiger partial charge in [-0.2, -0.15) is 0 Å². The van der Waals surface area contributed by atoms with Crippen LogP contribution in [0.1, 0.15) is 11.1 Å². The van der Waals surface area contributed by atoms with Crippen LogP contribution in [0.5, 0.6) is 0 Å². The number of aryl methyl sites for hydroxylation is 1. The quantitative estimate of drug-likeness (QED) is 0.831. The molecule has 110 valence electrons. The number of ether oxygens (including phenoxy) is 1. The highest BCUT2D eigenvalue weighted by atomic mass is 16.5. The van der Waals surface area contributed by atoms with Crippen LogP contribution >= 0.6 is 0 Å². The summed E-state index contributed by atoms with van der Waals surface area (Å²) < 4.78 is 5.70. The highest BCUT2D eigenvalue weighted by molar-refractivity contribution is 5.78. The number of amides is 1. The molecule has 1 saturated heterocycles. The van der Waals surface area contributed by atoms with Crippen LogP contribution in [0.25, 0.3) is 0 Å². The summed E-state index contributed by atoms with van der Waals surface area (Å²) in [6, 6.07) is 8.13. The molecule has 0 aliphatic carbocycles. The van der Waals surface area contributed by atoms with Gasteiger partial charge in [0.15, 0.2) is 0 Å². The van der Waals surface area contributed by atoms with Crippen molar-refractivity contribution in [2.75, 3.05) is 40.3 Å². The Kier molecular flexibility index (Phi) is 5.15. The zero-order valence-corrected chi connectivity index (χ0v) is 12.6. The standard InChI is InChI=1S/C16H24N2O2/c1-13-4-6-14(7-5-13)10-16(19)18(3)12-15-11-17(2)8-9-20-15/h4-7,15H,8-12H2,1-3H3. The minimum Gasteiger partial charge on any atom is -0.374 e. The van der Waals surface area contributed by atoms with Crippen LogP contribution in [0, 0.1) is 6.92 Å². The molecule has 1 aliphatic heterocycles. The maximum absolute atomic E-state index is 12.2. The Labute approximate surface area is 121 Å². The molecule has 20 heavy (non-hydrogen) atoms. The number of hydrogen-bond acceptors (Lipinski definition) is 3. The van der Waals surface area contributed by atoms with Gasteiger partial charge in [0.2, 0.25) is 5.91 Å². The fourth-order valence-electron chi connectivity index (χ4n) is 2.40. The van der Waals surface area contributed by atoms with Crippen LogP contribution in [0.3, 0.4) is 0 Å². The van der Waals surface area contributed by atoms with E-state index in [2.05, 4.69) is 18.9 Å². The average molecular weight is 276 g/mol. The Morgan fingerprint density at radius 1 is 1.40 bits per heavy atom. The lowest BCUT2D eigenvalue weighted by molar-refractivity contribution is -0.132. The fourth-order valence-corrected chi connectivity index (χ4v) is 2.40. The first kappa shape index (κ1) is 15.0. The second kappa shape index (κ2) is 6.86. The topological polar surface area (TPSA) is 32.8 Å². The van der Waals surface area contributed by atoms with Gasteiger partial charge in [0.1, 0.15) is 0 Å². The molecule has 0 radical (unpaired) electrons. The number of likely N-dealkylation sites (N-methyl/N-ethyl adjacent to an activating group) is 2. The van der Waals surface area contributed by atoms with E-state index in [0.29, 0.717) is 13.0 Å². The van der Waals surface area contributed by atoms with Crippen molar-refractivity contribution in [3.8, 4) is 0 Å². The highest BCUT2D eigenvalue weighted by Gasteiger charge is 2.21. The van der Waals surface area contributed by atoms with Gasteiger partial charge in [-0.1, -0.05) is 29.8 Å². The van der Waals surface area contributed by atoms with Gasteiger partial charge in [-0.05, 0) is 19.5 Å². The van der Waals surface area contributed by atoms with Crippen molar-refractivity contribution in [3.05, 3.63) is 35.4 Å². The zero-order chi connectivity index (χ0) is 14.5. The fraction of sp³-hybridized carbons (Fsp3) is 0.562. The van der Waals surface area contributed by atoms with Gasteiger partial charge in [0.05, 0.1) is 19.1 Å². The van der Waals surface area contributed by atoms with Gasteiger partial charge in [-0.15, -0.1) is 0 Å². The van der Waals surface area contributed by atoms with Crippen molar-refractivity contribution < 1.29 is 9.53 Å². The molecule has 1 aromatic rings. The molecule has 2 rings (SSSR count). The molecule has 1 atom stereocenters. The smallest absolute Gasteiger partial charge is 0.226 e. The van der Waals surface area contributed by atoms with Crippen molar-refractivity contribution in [2.24, 2.45) is 0 Å². The second-order valence-electron chi connectivity index (χ2n) is 5.69. The van der Waals surface area contributed by atoms with Gasteiger partial charge in [-0.3, -0.25) is 4.79 Å². The van der Waals surface area contributed by atoms with Gasteiger partial charge >= 0.3 is 0 Å². The van der Waals surface area contributed by atoms with Crippen molar-refractivity contribution in [2.45, 2.75) is 19.4 Å². The Morgan fingerprint density at radius 3 is 2.75 bits per heavy atom. The molecular weight excluding hydrogens is 252 g/mol. The molecule has 0 bridgehead atoms. The summed E-state index contributed by atoms with van der Waals surface area (Å²) in [5, 5.41) is 0. The molecular formula is C16H24N2O2. The largest absolute Gasteiger partial charge is 0.374 e. The first-order valence-electron chi connectivity index (χ1n) is 7.14. The predicted molar refractivity (Wildman–Crippen MR) is 79.8 cm³/mol. The summed E-state index contributed by atoms with van der Waals surface area (Å²) in [6.45, 7) is 5.32. The Morgan fingerprint density at radius 2 is 2.10 bits per heavy atom. The van der Waals surface area contributed by atoms with Crippen molar-refractivity contribution in [1.29, 1.82) is 0 Å². The molecule has 1 fully saturated rings. The highest BCUT2D eigenvalue weighted by Crippen LogP contribution is 2.08. The molecule has 0 saturated carbocycles. The number of morpholine rings is 1. The maximum Gasteiger partial charge on any atom is 0.226 e. The van der Waals surface area contributed by atoms with E-state index in [1.165, 1.54) is 5.56 Å². The molecule has 4 nitrogen and oxygen atoms in total. The molecule has 1 amide bonds. The van der Waals surface area contributed by atoms with Crippen LogP contribution in [-0.2, 0) is 16.0 Å². The van der Waals surface area contributed by atoms with Gasteiger partial charge < -0.3 is 14.5 Å². The molecule has 1 heterocycles. The number of benzene rings is 1. The summed E-state index contributed by atoms with van der Waals surface area (Å²) in [6.07, 6.45) is 0.583. The van der Waals surface area contributed by atoms with E-state index < -0.39 is 0 Å². The van der Waals surface area contributed by atoms with Crippen molar-refractivity contribution in [1.82, 2.24) is 9.80 Å². The van der Waals surface area contributed by atoms with E-state index in [1.807, 2.05) is 31.3 Å². The van der Waals surface area contributed by atoms with E-state index in [9.17, 15) is 4.79 Å². The number of carbonyl (C=O) groups excluding carboxylic acids is 1. The first-order chi connectivity index (χ1) is 9.54. The molecule has 4 heteroatoms. The summed E-state index contributed by atoms with van der Waals surface area (Å²) in [5.41, 5.74) is 2.28. The Balaban J connectivity index is 1.83. The van der Waals surface area contributed by atoms with E-state index in [0.717, 1.165) is 25.3 Å². The van der Waals surface area contributed by atoms with E-state index in [4.69, 9.17) is 4.74 Å². The molecule has 1 aliphatic rings. The van der Waals surface area contributed by atoms with Crippen LogP contribution in [0.4, 0.5) is 0 Å². The molecule has 0 aromatic heterocycles. The SMILES string of the molecule is Cc1ccc(CC(=O)N(C)CC2CN(C)CCO2)cc1. The summed E-state index contributed by atoms with van der Waals surface area (Å²) in [5.74, 6) is 0.144. The van der Waals surface area contributed by atoms with Gasteiger partial charge in [0, 0.05) is 26.7 Å². The minimum atomic E-state index is 0.126. The van der Waals surface area contributed by atoms with Crippen LogP contribution < -0.4 is 0 Å². The summed E-state index contributed by atoms with van der Waals surface area (Å²) in [7, 11) is 3.94. The van der Waals surface area contributed by atoms with Crippen LogP contribution in [0.15, 0.2) is 24.3 Å². The number of carbonyl (C=O) groups is 1. The Hall–Kier alpha value is -1.39. The molecule has 0 spiro atoms. The normalized spacial score (nSPS) is 19.9. The molecule has 0 N–H and O–H groups in total. The lowest BCUT2D eigenvalue weighted by atomic mass is 10.1. The lowest BCUT2D eigenvalue weighted by Gasteiger charge is -2.32. The third-order valence-electron chi connectivity index (χ3n) is 3.72. The van der Waals surface area contributed by atoms with Crippen molar-refractivity contribution >= 4 is 5.91 Å². The molecule has 1 unspecified atom stereocenters. The van der Waals surface area contributed by atoms with Gasteiger partial charge in [-0.25, -0.2) is 0 Å². The third kappa shape index (κ3) is 4.32. The van der Waals surface area contributed by atoms with E-state index >= 15 is 0 Å². The first-order valence-corrected chi connectivity index (χ1v) is 7.14. The Bertz CT molecular complexity index is 444. The maximum atomic E-state index is 12.2. The third-order valence-corrected chi connectivity index (χ3v) is 3.72. The second-order valence-corrected chi connectivity index (χ2v) is 5.69. The number of hydrogen-bond donors (Lipinski definition) is 0. The average Bonchev–Trinajstić information content (AvgIpc) is 2.41. The van der Waals surface area contributed by atoms with Crippen LogP contribution in [0.2, 0.25) is 0 Å². The molecule has 1 aromatic carbocycles. The van der Waals surface area contributed by atoms with Gasteiger partial charge in [0.25, 0.3) is 0 Å². The van der Waals surface area contributed by atoms with Crippen LogP contribution in [-0.4, -0.2) is 62.1 Å². The summed E-state index contributed by atoms with van der Waals surface area (Å²) in [4.78, 5) is 16.2. The monoisotopic (exact) mass is 276 g/mol. The van der Waals surface area contributed by atoms with Crippen molar-refractivity contribution in [3.63, 3.8) is 0 Å². The number of nitrogens with zero attached hydrogens (tertiary/aromatic N) is 2. The summed E-state index contributed by atoms with van der Waals surface area (Å²) >= 11 is 0.